The van der Waals surface area contributed by atoms with Gasteiger partial charge in [0.25, 0.3) is 6.29 Å². The zero-order valence-electron chi connectivity index (χ0n) is 31.8. The van der Waals surface area contributed by atoms with E-state index in [1.54, 1.807) is 24.3 Å². The molecule has 0 aliphatic carbocycles. The lowest BCUT2D eigenvalue weighted by Gasteiger charge is -2.41. The summed E-state index contributed by atoms with van der Waals surface area (Å²) in [5.74, 6) is -0.387. The van der Waals surface area contributed by atoms with Crippen LogP contribution in [0, 0.1) is 5.92 Å². The van der Waals surface area contributed by atoms with Crippen molar-refractivity contribution >= 4 is 11.9 Å². The minimum Gasteiger partial charge on any atom is -0.508 e. The van der Waals surface area contributed by atoms with Gasteiger partial charge in [-0.1, -0.05) is 26.0 Å². The first-order chi connectivity index (χ1) is 27.9. The predicted molar refractivity (Wildman–Crippen MR) is 196 cm³/mol. The Morgan fingerprint density at radius 2 is 1.78 bits per heavy atom. The Labute approximate surface area is 332 Å². The number of aliphatic hydroxyl groups is 4. The zero-order valence-corrected chi connectivity index (χ0v) is 31.8. The molecular weight excluding hydrogens is 766 g/mol. The van der Waals surface area contributed by atoms with Gasteiger partial charge in [-0.2, -0.15) is 4.89 Å². The van der Waals surface area contributed by atoms with Crippen LogP contribution in [0.5, 0.6) is 34.5 Å². The first-order valence-electron chi connectivity index (χ1n) is 18.9. The molecule has 0 amide bonds. The smallest absolute Gasteiger partial charge is 0.317 e. The Morgan fingerprint density at radius 1 is 0.966 bits per heavy atom. The van der Waals surface area contributed by atoms with Crippen molar-refractivity contribution in [1.82, 2.24) is 0 Å². The molecule has 0 spiro atoms. The van der Waals surface area contributed by atoms with Gasteiger partial charge in [-0.15, -0.1) is 0 Å². The average Bonchev–Trinajstić information content (AvgIpc) is 3.79. The molecular formula is C40H47NO17. The largest absolute Gasteiger partial charge is 0.508 e. The molecule has 1 saturated heterocycles. The van der Waals surface area contributed by atoms with Crippen molar-refractivity contribution in [3.8, 4) is 34.5 Å². The number of fused-ring (bicyclic) bond motifs is 6. The molecule has 7 rings (SSSR count). The van der Waals surface area contributed by atoms with Gasteiger partial charge in [0.05, 0.1) is 25.7 Å². The highest BCUT2D eigenvalue weighted by Gasteiger charge is 2.49. The number of carbonyl (C=O) groups excluding carboxylic acids is 1. The number of rotatable bonds is 16. The second-order valence-corrected chi connectivity index (χ2v) is 14.8. The van der Waals surface area contributed by atoms with Crippen molar-refractivity contribution in [2.24, 2.45) is 11.7 Å². The number of aliphatic carboxylic acids is 1. The van der Waals surface area contributed by atoms with Crippen LogP contribution in [-0.2, 0) is 48.1 Å². The van der Waals surface area contributed by atoms with Gasteiger partial charge in [0.15, 0.2) is 29.6 Å². The van der Waals surface area contributed by atoms with Crippen LogP contribution in [0.25, 0.3) is 0 Å². The lowest BCUT2D eigenvalue weighted by Crippen LogP contribution is -2.60. The second-order valence-electron chi connectivity index (χ2n) is 14.8. The number of hydrogen-bond acceptors (Lipinski definition) is 17. The minimum absolute atomic E-state index is 0.0452. The molecule has 4 heterocycles. The highest BCUT2D eigenvalue weighted by molar-refractivity contribution is 5.90. The number of nitrogens with two attached hydrogens (primary N) is 1. The van der Waals surface area contributed by atoms with Gasteiger partial charge in [-0.25, -0.2) is 0 Å². The predicted octanol–water partition coefficient (Wildman–Crippen LogP) is 1.49. The molecule has 18 heteroatoms. The molecule has 8 N–H and O–H groups in total. The number of carbonyl (C=O) groups is 2. The van der Waals surface area contributed by atoms with E-state index in [2.05, 4.69) is 13.8 Å². The molecule has 4 aliphatic heterocycles. The van der Waals surface area contributed by atoms with E-state index in [0.717, 1.165) is 11.1 Å². The highest BCUT2D eigenvalue weighted by atomic mass is 17.2. The van der Waals surface area contributed by atoms with Gasteiger partial charge in [0, 0.05) is 40.8 Å². The van der Waals surface area contributed by atoms with E-state index >= 15 is 0 Å². The van der Waals surface area contributed by atoms with Crippen molar-refractivity contribution in [2.45, 2.75) is 88.7 Å². The van der Waals surface area contributed by atoms with Gasteiger partial charge in [-0.05, 0) is 42.2 Å². The van der Waals surface area contributed by atoms with Crippen LogP contribution >= 0.6 is 0 Å². The van der Waals surface area contributed by atoms with Gasteiger partial charge in [-0.3, -0.25) is 9.59 Å². The van der Waals surface area contributed by atoms with E-state index in [4.69, 9.17) is 53.8 Å². The molecule has 4 aliphatic rings. The first-order valence-corrected chi connectivity index (χ1v) is 18.9. The van der Waals surface area contributed by atoms with Crippen LogP contribution in [0.15, 0.2) is 36.4 Å². The van der Waals surface area contributed by atoms with Crippen molar-refractivity contribution in [3.63, 3.8) is 0 Å². The molecule has 3 aromatic rings. The summed E-state index contributed by atoms with van der Waals surface area (Å²) < 4.78 is 41.5. The minimum atomic E-state index is -1.73. The fourth-order valence-corrected chi connectivity index (χ4v) is 7.58. The van der Waals surface area contributed by atoms with Gasteiger partial charge in [0.1, 0.15) is 61.3 Å². The first kappa shape index (κ1) is 41.2. The summed E-state index contributed by atoms with van der Waals surface area (Å²) in [4.78, 5) is 34.6. The van der Waals surface area contributed by atoms with Crippen LogP contribution < -0.4 is 29.6 Å². The molecule has 314 valence electrons. The second kappa shape index (κ2) is 17.5. The molecule has 1 fully saturated rings. The van der Waals surface area contributed by atoms with Crippen molar-refractivity contribution in [1.29, 1.82) is 0 Å². The maximum atomic E-state index is 11.9. The third kappa shape index (κ3) is 8.32. The number of carboxylic acid groups (broad SMARTS) is 1. The van der Waals surface area contributed by atoms with E-state index in [0.29, 0.717) is 51.7 Å². The third-order valence-corrected chi connectivity index (χ3v) is 10.3. The summed E-state index contributed by atoms with van der Waals surface area (Å²) in [6.07, 6.45) is -9.26. The lowest BCUT2D eigenvalue weighted by molar-refractivity contribution is -0.372. The van der Waals surface area contributed by atoms with E-state index in [1.165, 1.54) is 6.07 Å². The van der Waals surface area contributed by atoms with Crippen molar-refractivity contribution in [2.75, 3.05) is 33.0 Å². The number of ether oxygens (including phenoxy) is 7. The van der Waals surface area contributed by atoms with Crippen molar-refractivity contribution in [3.05, 3.63) is 69.8 Å². The Morgan fingerprint density at radius 3 is 2.50 bits per heavy atom. The Bertz CT molecular complexity index is 1990. The van der Waals surface area contributed by atoms with Gasteiger partial charge >= 0.3 is 11.9 Å². The summed E-state index contributed by atoms with van der Waals surface area (Å²) in [7, 11) is 0. The summed E-state index contributed by atoms with van der Waals surface area (Å²) in [6.45, 7) is 2.99. The van der Waals surface area contributed by atoms with Crippen LogP contribution in [0.3, 0.4) is 0 Å². The lowest BCUT2D eigenvalue weighted by atomic mass is 9.86. The Hall–Kier alpha value is -4.92. The number of benzene rings is 3. The number of phenols is 1. The quantitative estimate of drug-likeness (QED) is 0.0467. The number of hydrogen-bond donors (Lipinski definition) is 7. The van der Waals surface area contributed by atoms with Crippen LogP contribution in [0.4, 0.5) is 0 Å². The Kier molecular flexibility index (Phi) is 12.5. The third-order valence-electron chi connectivity index (χ3n) is 10.3. The topological polar surface area (TPSA) is 265 Å². The van der Waals surface area contributed by atoms with E-state index in [9.17, 15) is 35.1 Å². The number of aliphatic hydroxyl groups excluding tert-OH is 4. The molecule has 18 nitrogen and oxygen atoms in total. The SMILES string of the molecule is CC(C)Cc1c2c(cc3c1O[C@@H]1c4cc(OO[C@@H]5[C@H](OCCN)O[C@H](COC(=O)CC(=O)O)[C@@H](O)[C@@H]5O)c(Cc5cccc(O)c5CO)cc4OC[C@@H]31)O[C@@H](CO)O2. The molecule has 58 heavy (non-hydrogen) atoms. The molecule has 0 radical (unpaired) electrons. The summed E-state index contributed by atoms with van der Waals surface area (Å²) in [5, 5.41) is 61.5. The summed E-state index contributed by atoms with van der Waals surface area (Å²) in [5.41, 5.74) is 9.28. The highest BCUT2D eigenvalue weighted by Crippen LogP contribution is 2.58. The van der Waals surface area contributed by atoms with E-state index in [-0.39, 0.29) is 56.1 Å². The van der Waals surface area contributed by atoms with E-state index in [1.807, 2.05) is 6.07 Å². The molecule has 0 aromatic heterocycles. The maximum absolute atomic E-state index is 11.9. The molecule has 0 unspecified atom stereocenters. The van der Waals surface area contributed by atoms with Crippen LogP contribution in [-0.4, -0.2) is 113 Å². The zero-order chi connectivity index (χ0) is 41.2. The average molecular weight is 814 g/mol. The fourth-order valence-electron chi connectivity index (χ4n) is 7.58. The number of esters is 1. The van der Waals surface area contributed by atoms with Crippen molar-refractivity contribution < 1.29 is 83.2 Å². The maximum Gasteiger partial charge on any atom is 0.317 e. The van der Waals surface area contributed by atoms with Gasteiger partial charge < -0.3 is 74.4 Å². The summed E-state index contributed by atoms with van der Waals surface area (Å²) >= 11 is 0. The standard InChI is InChI=1S/C40H47NO17/c1-18(2)8-23-36-21(11-29-38(23)55-33(15-43)53-29)25-16-51-28-10-20(9-19-4-3-5-26(44)24(19)14-42)27(12-22(28)37(25)56-36)57-58-39-35(49)34(48)30(54-40(39)50-7-6-41)17-52-32(47)13-31(45)46/h3-5,10-12,18,25,30,33-35,37,39-40,42-44,48-49H,6-9,13-17,41H2,1-2H3,(H,45,46)/t25-,30+,33+,34+,35-,37+,39-,40+/m0/s1. The molecule has 8 atom stereocenters. The van der Waals surface area contributed by atoms with Gasteiger partial charge in [0.2, 0.25) is 0 Å². The fraction of sp³-hybridized carbons (Fsp3) is 0.500. The number of aromatic hydroxyl groups is 1. The molecule has 3 aromatic carbocycles. The Balaban J connectivity index is 1.21. The summed E-state index contributed by atoms with van der Waals surface area (Å²) in [6, 6.07) is 10.1. The van der Waals surface area contributed by atoms with Crippen LogP contribution in [0.2, 0.25) is 0 Å². The van der Waals surface area contributed by atoms with Crippen LogP contribution in [0.1, 0.15) is 65.7 Å². The monoisotopic (exact) mass is 813 g/mol. The molecule has 0 saturated carbocycles. The molecule has 0 bridgehead atoms. The number of carboxylic acids is 1. The normalized spacial score (nSPS) is 25.3. The van der Waals surface area contributed by atoms with E-state index < -0.39 is 74.7 Å².